The number of nitrogens with one attached hydrogen (secondary N) is 2. The molecule has 0 bridgehead atoms. The normalized spacial score (nSPS) is 10.7. The van der Waals surface area contributed by atoms with Crippen LogP contribution in [0.3, 0.4) is 0 Å². The molecule has 0 radical (unpaired) electrons. The van der Waals surface area contributed by atoms with Gasteiger partial charge < -0.3 is 16.4 Å². The molecule has 1 aromatic heterocycles. The number of aromatic nitrogens is 2. The number of primary amides is 1. The Balaban J connectivity index is 1.41. The Morgan fingerprint density at radius 2 is 1.64 bits per heavy atom. The third-order valence-corrected chi connectivity index (χ3v) is 5.18. The Morgan fingerprint density at radius 3 is 2.36 bits per heavy atom. The largest absolute Gasteiger partial charge is 0.368 e. The van der Waals surface area contributed by atoms with Gasteiger partial charge in [-0.1, -0.05) is 24.3 Å². The van der Waals surface area contributed by atoms with Crippen molar-refractivity contribution in [3.05, 3.63) is 95.3 Å². The zero-order valence-corrected chi connectivity index (χ0v) is 18.0. The number of amides is 3. The molecule has 166 valence electrons. The lowest BCUT2D eigenvalue weighted by Gasteiger charge is -2.08. The van der Waals surface area contributed by atoms with Crippen LogP contribution in [0.25, 0.3) is 16.7 Å². The fourth-order valence-corrected chi connectivity index (χ4v) is 3.47. The predicted molar refractivity (Wildman–Crippen MR) is 125 cm³/mol. The Morgan fingerprint density at radius 1 is 0.909 bits per heavy atom. The lowest BCUT2D eigenvalue weighted by Crippen LogP contribution is -2.33. The highest BCUT2D eigenvalue weighted by Gasteiger charge is 2.11. The zero-order chi connectivity index (χ0) is 23.4. The average Bonchev–Trinajstić information content (AvgIpc) is 3.24. The Kier molecular flexibility index (Phi) is 6.17. The molecule has 8 nitrogen and oxygen atoms in total. The summed E-state index contributed by atoms with van der Waals surface area (Å²) in [5.74, 6) is -1.21. The molecule has 8 heteroatoms. The number of benzene rings is 3. The van der Waals surface area contributed by atoms with Gasteiger partial charge >= 0.3 is 0 Å². The SMILES string of the molecule is Cc1cccc(-n2cnc3cc(C(=O)NCc4ccc(C(=O)NCC(N)=O)cc4)ccc32)c1. The van der Waals surface area contributed by atoms with E-state index in [4.69, 9.17) is 5.73 Å². The van der Waals surface area contributed by atoms with Crippen molar-refractivity contribution in [3.8, 4) is 5.69 Å². The third-order valence-electron chi connectivity index (χ3n) is 5.18. The van der Waals surface area contributed by atoms with Gasteiger partial charge in [-0.2, -0.15) is 0 Å². The van der Waals surface area contributed by atoms with Gasteiger partial charge in [0, 0.05) is 23.4 Å². The summed E-state index contributed by atoms with van der Waals surface area (Å²) in [5.41, 5.74) is 10.6. The topological polar surface area (TPSA) is 119 Å². The fraction of sp³-hybridized carbons (Fsp3) is 0.120. The Bertz CT molecular complexity index is 1340. The molecule has 0 aliphatic heterocycles. The second-order valence-corrected chi connectivity index (χ2v) is 7.69. The molecule has 33 heavy (non-hydrogen) atoms. The summed E-state index contributed by atoms with van der Waals surface area (Å²) in [6, 6.07) is 20.3. The smallest absolute Gasteiger partial charge is 0.251 e. The Hall–Kier alpha value is -4.46. The van der Waals surface area contributed by atoms with Gasteiger partial charge in [0.15, 0.2) is 0 Å². The summed E-state index contributed by atoms with van der Waals surface area (Å²) < 4.78 is 1.99. The summed E-state index contributed by atoms with van der Waals surface area (Å²) in [7, 11) is 0. The molecule has 1 heterocycles. The Labute approximate surface area is 190 Å². The van der Waals surface area contributed by atoms with E-state index in [2.05, 4.69) is 21.7 Å². The number of imidazole rings is 1. The highest BCUT2D eigenvalue weighted by molar-refractivity contribution is 5.98. The van der Waals surface area contributed by atoms with Gasteiger partial charge in [-0.15, -0.1) is 0 Å². The van der Waals surface area contributed by atoms with Crippen LogP contribution in [0, 0.1) is 6.92 Å². The van der Waals surface area contributed by atoms with Gasteiger partial charge in [0.1, 0.15) is 6.33 Å². The number of nitrogens with two attached hydrogens (primary N) is 1. The predicted octanol–water partition coefficient (Wildman–Crippen LogP) is 2.48. The van der Waals surface area contributed by atoms with Crippen molar-refractivity contribution in [2.45, 2.75) is 13.5 Å². The number of hydrogen-bond acceptors (Lipinski definition) is 4. The maximum atomic E-state index is 12.7. The molecule has 4 N–H and O–H groups in total. The monoisotopic (exact) mass is 441 g/mol. The number of fused-ring (bicyclic) bond motifs is 1. The van der Waals surface area contributed by atoms with Gasteiger partial charge in [-0.05, 0) is 60.5 Å². The third kappa shape index (κ3) is 5.07. The van der Waals surface area contributed by atoms with E-state index in [0.29, 0.717) is 17.7 Å². The molecule has 0 unspecified atom stereocenters. The lowest BCUT2D eigenvalue weighted by atomic mass is 10.1. The van der Waals surface area contributed by atoms with Crippen LogP contribution < -0.4 is 16.4 Å². The standard InChI is InChI=1S/C25H23N5O3/c1-16-3-2-4-20(11-16)30-15-29-21-12-19(9-10-22(21)30)25(33)27-13-17-5-7-18(8-6-17)24(32)28-14-23(26)31/h2-12,15H,13-14H2,1H3,(H2,26,31)(H,27,33)(H,28,32). The second-order valence-electron chi connectivity index (χ2n) is 7.69. The van der Waals surface area contributed by atoms with E-state index in [-0.39, 0.29) is 18.4 Å². The second kappa shape index (κ2) is 9.35. The summed E-state index contributed by atoms with van der Waals surface area (Å²) >= 11 is 0. The van der Waals surface area contributed by atoms with Crippen LogP contribution in [0.5, 0.6) is 0 Å². The zero-order valence-electron chi connectivity index (χ0n) is 18.0. The van der Waals surface area contributed by atoms with Crippen LogP contribution in [0.2, 0.25) is 0 Å². The molecule has 0 aliphatic carbocycles. The van der Waals surface area contributed by atoms with Gasteiger partial charge in [-0.3, -0.25) is 19.0 Å². The van der Waals surface area contributed by atoms with Crippen molar-refractivity contribution in [1.82, 2.24) is 20.2 Å². The molecule has 0 spiro atoms. The maximum Gasteiger partial charge on any atom is 0.251 e. The number of carbonyl (C=O) groups is 3. The van der Waals surface area contributed by atoms with E-state index in [1.54, 1.807) is 42.7 Å². The minimum absolute atomic E-state index is 0.217. The van der Waals surface area contributed by atoms with Crippen LogP contribution in [-0.4, -0.2) is 33.8 Å². The van der Waals surface area contributed by atoms with Crippen molar-refractivity contribution >= 4 is 28.8 Å². The van der Waals surface area contributed by atoms with Crippen molar-refractivity contribution in [1.29, 1.82) is 0 Å². The summed E-state index contributed by atoms with van der Waals surface area (Å²) in [4.78, 5) is 39.8. The van der Waals surface area contributed by atoms with Crippen molar-refractivity contribution in [2.24, 2.45) is 5.73 Å². The first-order chi connectivity index (χ1) is 15.9. The van der Waals surface area contributed by atoms with Crippen LogP contribution in [0.4, 0.5) is 0 Å². The van der Waals surface area contributed by atoms with Crippen LogP contribution in [-0.2, 0) is 11.3 Å². The van der Waals surface area contributed by atoms with E-state index in [0.717, 1.165) is 27.8 Å². The molecule has 0 saturated carbocycles. The van der Waals surface area contributed by atoms with Crippen molar-refractivity contribution in [2.75, 3.05) is 6.54 Å². The first-order valence-electron chi connectivity index (χ1n) is 10.4. The molecule has 0 aliphatic rings. The number of hydrogen-bond donors (Lipinski definition) is 3. The van der Waals surface area contributed by atoms with Crippen molar-refractivity contribution in [3.63, 3.8) is 0 Å². The van der Waals surface area contributed by atoms with Gasteiger partial charge in [-0.25, -0.2) is 4.98 Å². The molecule has 0 saturated heterocycles. The average molecular weight is 441 g/mol. The van der Waals surface area contributed by atoms with Crippen LogP contribution >= 0.6 is 0 Å². The first-order valence-corrected chi connectivity index (χ1v) is 10.4. The van der Waals surface area contributed by atoms with E-state index >= 15 is 0 Å². The summed E-state index contributed by atoms with van der Waals surface area (Å²) in [6.07, 6.45) is 1.75. The maximum absolute atomic E-state index is 12.7. The highest BCUT2D eigenvalue weighted by Crippen LogP contribution is 2.20. The van der Waals surface area contributed by atoms with Crippen LogP contribution in [0.1, 0.15) is 31.8 Å². The van der Waals surface area contributed by atoms with E-state index in [9.17, 15) is 14.4 Å². The molecule has 4 aromatic rings. The number of aryl methyl sites for hydroxylation is 1. The highest BCUT2D eigenvalue weighted by atomic mass is 16.2. The minimum Gasteiger partial charge on any atom is -0.368 e. The number of carbonyl (C=O) groups excluding carboxylic acids is 3. The number of rotatable bonds is 7. The molecule has 3 aromatic carbocycles. The van der Waals surface area contributed by atoms with Crippen molar-refractivity contribution < 1.29 is 14.4 Å². The lowest BCUT2D eigenvalue weighted by molar-refractivity contribution is -0.117. The van der Waals surface area contributed by atoms with E-state index in [1.807, 2.05) is 35.8 Å². The summed E-state index contributed by atoms with van der Waals surface area (Å²) in [5, 5.41) is 5.31. The summed E-state index contributed by atoms with van der Waals surface area (Å²) in [6.45, 7) is 2.12. The van der Waals surface area contributed by atoms with Gasteiger partial charge in [0.2, 0.25) is 5.91 Å². The molecular formula is C25H23N5O3. The van der Waals surface area contributed by atoms with Gasteiger partial charge in [0.25, 0.3) is 11.8 Å². The molecule has 0 atom stereocenters. The molecule has 0 fully saturated rings. The fourth-order valence-electron chi connectivity index (χ4n) is 3.47. The van der Waals surface area contributed by atoms with Gasteiger partial charge in [0.05, 0.1) is 17.6 Å². The quantitative estimate of drug-likeness (QED) is 0.408. The first kappa shape index (κ1) is 21.8. The van der Waals surface area contributed by atoms with E-state index < -0.39 is 5.91 Å². The van der Waals surface area contributed by atoms with E-state index in [1.165, 1.54) is 0 Å². The minimum atomic E-state index is -0.609. The molecule has 3 amide bonds. The number of nitrogens with zero attached hydrogens (tertiary/aromatic N) is 2. The molecular weight excluding hydrogens is 418 g/mol. The molecule has 4 rings (SSSR count). The van der Waals surface area contributed by atoms with Crippen LogP contribution in [0.15, 0.2) is 73.1 Å².